The Morgan fingerprint density at radius 1 is 1.25 bits per heavy atom. The lowest BCUT2D eigenvalue weighted by molar-refractivity contribution is -0.159. The van der Waals surface area contributed by atoms with Crippen molar-refractivity contribution < 1.29 is 4.79 Å². The maximum Gasteiger partial charge on any atom is 0.235 e. The van der Waals surface area contributed by atoms with E-state index in [0.29, 0.717) is 5.91 Å². The molecule has 5 heteroatoms. The number of anilines is 1. The van der Waals surface area contributed by atoms with Crippen molar-refractivity contribution in [3.8, 4) is 0 Å². The van der Waals surface area contributed by atoms with Crippen LogP contribution < -0.4 is 4.90 Å². The molecule has 4 aliphatic rings. The molecule has 2 nitrogen and oxygen atoms in total. The van der Waals surface area contributed by atoms with E-state index in [9.17, 15) is 4.79 Å². The minimum Gasteiger partial charge on any atom is -0.309 e. The molecule has 0 radical (unpaired) electrons. The Kier molecular flexibility index (Phi) is 3.89. The molecular formula is C19H22Br3NO. The molecule has 130 valence electrons. The zero-order valence-corrected chi connectivity index (χ0v) is 18.9. The highest BCUT2D eigenvalue weighted by Gasteiger charge is 2.83. The minimum atomic E-state index is -0.321. The molecule has 0 spiro atoms. The van der Waals surface area contributed by atoms with E-state index in [1.807, 2.05) is 6.07 Å². The molecule has 3 fully saturated rings. The molecule has 3 saturated carbocycles. The highest BCUT2D eigenvalue weighted by atomic mass is 79.9. The molecule has 0 saturated heterocycles. The number of halogens is 3. The summed E-state index contributed by atoms with van der Waals surface area (Å²) in [5.41, 5.74) is 2.10. The second kappa shape index (κ2) is 5.32. The van der Waals surface area contributed by atoms with E-state index in [0.717, 1.165) is 24.9 Å². The average Bonchev–Trinajstić information content (AvgIpc) is 3.11. The molecule has 4 atom stereocenters. The van der Waals surface area contributed by atoms with Gasteiger partial charge in [0, 0.05) is 22.0 Å². The van der Waals surface area contributed by atoms with Gasteiger partial charge in [0.1, 0.15) is 0 Å². The summed E-state index contributed by atoms with van der Waals surface area (Å²) >= 11 is 11.5. The number of amides is 1. The van der Waals surface area contributed by atoms with Crippen LogP contribution >= 0.6 is 47.8 Å². The van der Waals surface area contributed by atoms with Gasteiger partial charge in [0.15, 0.2) is 0 Å². The van der Waals surface area contributed by atoms with Crippen molar-refractivity contribution in [3.05, 3.63) is 29.8 Å². The molecule has 1 heterocycles. The number of hydrogen-bond donors (Lipinski definition) is 0. The van der Waals surface area contributed by atoms with Gasteiger partial charge in [0.25, 0.3) is 0 Å². The van der Waals surface area contributed by atoms with E-state index in [1.165, 1.54) is 5.56 Å². The fourth-order valence-electron chi connectivity index (χ4n) is 5.76. The predicted molar refractivity (Wildman–Crippen MR) is 109 cm³/mol. The monoisotopic (exact) mass is 517 g/mol. The van der Waals surface area contributed by atoms with E-state index in [2.05, 4.69) is 91.7 Å². The summed E-state index contributed by atoms with van der Waals surface area (Å²) in [6.07, 6.45) is 2.97. The second-order valence-corrected chi connectivity index (χ2v) is 12.1. The maximum absolute atomic E-state index is 13.8. The average molecular weight is 520 g/mol. The number of nitrogens with zero attached hydrogens (tertiary/aromatic N) is 1. The van der Waals surface area contributed by atoms with E-state index < -0.39 is 0 Å². The van der Waals surface area contributed by atoms with Crippen LogP contribution in [0.3, 0.4) is 0 Å². The Balaban J connectivity index is 1.77. The smallest absolute Gasteiger partial charge is 0.235 e. The van der Waals surface area contributed by atoms with Crippen molar-refractivity contribution in [1.29, 1.82) is 0 Å². The molecule has 1 aromatic carbocycles. The summed E-state index contributed by atoms with van der Waals surface area (Å²) in [4.78, 5) is 16.1. The minimum absolute atomic E-state index is 0.0554. The molecule has 1 aliphatic heterocycles. The molecule has 0 N–H and O–H groups in total. The van der Waals surface area contributed by atoms with Crippen molar-refractivity contribution in [2.45, 2.75) is 54.6 Å². The van der Waals surface area contributed by atoms with Gasteiger partial charge in [-0.2, -0.15) is 0 Å². The molecule has 5 rings (SSSR count). The van der Waals surface area contributed by atoms with Gasteiger partial charge in [-0.3, -0.25) is 4.79 Å². The maximum atomic E-state index is 13.8. The largest absolute Gasteiger partial charge is 0.309 e. The third kappa shape index (κ3) is 1.70. The third-order valence-corrected chi connectivity index (χ3v) is 10.5. The van der Waals surface area contributed by atoms with Crippen LogP contribution in [0.25, 0.3) is 0 Å². The summed E-state index contributed by atoms with van der Waals surface area (Å²) in [5, 5.41) is 0. The van der Waals surface area contributed by atoms with E-state index >= 15 is 0 Å². The van der Waals surface area contributed by atoms with Gasteiger partial charge < -0.3 is 4.90 Å². The Morgan fingerprint density at radius 3 is 2.50 bits per heavy atom. The quantitative estimate of drug-likeness (QED) is 0.462. The summed E-state index contributed by atoms with van der Waals surface area (Å²) in [6.45, 7) is 6.72. The lowest BCUT2D eigenvalue weighted by atomic mass is 9.43. The highest BCUT2D eigenvalue weighted by Crippen LogP contribution is 2.82. The zero-order chi connectivity index (χ0) is 17.5. The zero-order valence-electron chi connectivity index (χ0n) is 14.2. The van der Waals surface area contributed by atoms with Crippen LogP contribution in [0.5, 0.6) is 0 Å². The van der Waals surface area contributed by atoms with Crippen molar-refractivity contribution >= 4 is 59.4 Å². The SMILES string of the molecule is CC1Cc2ccccc2N1C(=O)C12CCC(C(Br)Br)(C1Br)C2(C)C. The van der Waals surface area contributed by atoms with E-state index in [4.69, 9.17) is 0 Å². The number of benzene rings is 1. The number of alkyl halides is 3. The predicted octanol–water partition coefficient (Wildman–Crippen LogP) is 5.65. The first-order valence-corrected chi connectivity index (χ1v) is 11.3. The van der Waals surface area contributed by atoms with Crippen LogP contribution in [0.1, 0.15) is 39.2 Å². The molecule has 4 unspecified atom stereocenters. The number of carbonyl (C=O) groups is 1. The van der Waals surface area contributed by atoms with Crippen molar-refractivity contribution in [2.24, 2.45) is 16.2 Å². The fourth-order valence-corrected chi connectivity index (χ4v) is 10.7. The summed E-state index contributed by atoms with van der Waals surface area (Å²) in [6, 6.07) is 8.60. The van der Waals surface area contributed by atoms with E-state index in [1.54, 1.807) is 0 Å². The van der Waals surface area contributed by atoms with Crippen LogP contribution in [-0.4, -0.2) is 20.5 Å². The van der Waals surface area contributed by atoms with Crippen LogP contribution in [0, 0.1) is 16.2 Å². The lowest BCUT2D eigenvalue weighted by Crippen LogP contribution is -2.72. The summed E-state index contributed by atoms with van der Waals surface area (Å²) in [7, 11) is 0. The standard InChI is InChI=1S/C19H22Br3NO/c1-11-10-12-6-4-5-7-13(12)23(11)16(24)19-9-8-18(14(19)20,15(21)22)17(19,2)3/h4-7,11,14-15H,8-10H2,1-3H3. The summed E-state index contributed by atoms with van der Waals surface area (Å²) < 4.78 is 0.212. The van der Waals surface area contributed by atoms with Gasteiger partial charge in [-0.05, 0) is 43.2 Å². The van der Waals surface area contributed by atoms with Crippen LogP contribution in [0.4, 0.5) is 5.69 Å². The fraction of sp³-hybridized carbons (Fsp3) is 0.632. The normalized spacial score (nSPS) is 39.0. The number of para-hydroxylation sites is 1. The van der Waals surface area contributed by atoms with Crippen LogP contribution in [0.15, 0.2) is 24.3 Å². The van der Waals surface area contributed by atoms with Gasteiger partial charge in [-0.1, -0.05) is 79.8 Å². The topological polar surface area (TPSA) is 20.3 Å². The van der Waals surface area contributed by atoms with Crippen LogP contribution in [0.2, 0.25) is 0 Å². The Morgan fingerprint density at radius 2 is 1.92 bits per heavy atom. The first kappa shape index (κ1) is 17.5. The Hall–Kier alpha value is 0.130. The van der Waals surface area contributed by atoms with Crippen molar-refractivity contribution in [1.82, 2.24) is 0 Å². The Bertz CT molecular complexity index is 718. The number of fused-ring (bicyclic) bond motifs is 2. The first-order valence-electron chi connectivity index (χ1n) is 8.55. The van der Waals surface area contributed by atoms with Gasteiger partial charge in [0.2, 0.25) is 5.91 Å². The second-order valence-electron chi connectivity index (χ2n) is 8.16. The third-order valence-electron chi connectivity index (χ3n) is 7.29. The van der Waals surface area contributed by atoms with Gasteiger partial charge >= 0.3 is 0 Å². The summed E-state index contributed by atoms with van der Waals surface area (Å²) in [5.74, 6) is 0.306. The molecule has 1 amide bonds. The number of rotatable bonds is 2. The Labute approximate surface area is 169 Å². The van der Waals surface area contributed by atoms with Gasteiger partial charge in [-0.15, -0.1) is 0 Å². The molecule has 3 aliphatic carbocycles. The van der Waals surface area contributed by atoms with Crippen molar-refractivity contribution in [2.75, 3.05) is 4.90 Å². The lowest BCUT2D eigenvalue weighted by Gasteiger charge is -2.66. The van der Waals surface area contributed by atoms with Gasteiger partial charge in [0.05, 0.1) is 9.15 Å². The molecule has 2 bridgehead atoms. The molecular weight excluding hydrogens is 498 g/mol. The highest BCUT2D eigenvalue weighted by molar-refractivity contribution is 9.24. The van der Waals surface area contributed by atoms with Crippen molar-refractivity contribution in [3.63, 3.8) is 0 Å². The first-order chi connectivity index (χ1) is 11.2. The van der Waals surface area contributed by atoms with E-state index in [-0.39, 0.29) is 30.9 Å². The molecule has 1 aromatic rings. The number of carbonyl (C=O) groups excluding carboxylic acids is 1. The number of hydrogen-bond acceptors (Lipinski definition) is 1. The molecule has 0 aromatic heterocycles. The van der Waals surface area contributed by atoms with Crippen LogP contribution in [-0.2, 0) is 11.2 Å². The van der Waals surface area contributed by atoms with Gasteiger partial charge in [-0.25, -0.2) is 0 Å². The molecule has 24 heavy (non-hydrogen) atoms.